The molecule has 4 heteroatoms. The summed E-state index contributed by atoms with van der Waals surface area (Å²) >= 11 is 1.70. The van der Waals surface area contributed by atoms with Gasteiger partial charge in [-0.1, -0.05) is 11.3 Å². The lowest BCUT2D eigenvalue weighted by Gasteiger charge is -2.11. The van der Waals surface area contributed by atoms with E-state index in [1.54, 1.807) is 11.3 Å². The van der Waals surface area contributed by atoms with Crippen LogP contribution in [0.1, 0.15) is 17.7 Å². The molecule has 1 fully saturated rings. The molecule has 2 heterocycles. The van der Waals surface area contributed by atoms with Gasteiger partial charge in [-0.05, 0) is 19.8 Å². The summed E-state index contributed by atoms with van der Waals surface area (Å²) in [5, 5.41) is 1.10. The van der Waals surface area contributed by atoms with Gasteiger partial charge < -0.3 is 10.6 Å². The van der Waals surface area contributed by atoms with Crippen molar-refractivity contribution in [1.82, 2.24) is 4.98 Å². The number of hydrogen-bond donors (Lipinski definition) is 1. The Bertz CT molecular complexity index is 256. The van der Waals surface area contributed by atoms with Gasteiger partial charge in [0.15, 0.2) is 5.13 Å². The van der Waals surface area contributed by atoms with Gasteiger partial charge >= 0.3 is 0 Å². The summed E-state index contributed by atoms with van der Waals surface area (Å²) in [6.45, 7) is 4.31. The molecule has 0 bridgehead atoms. The number of anilines is 2. The van der Waals surface area contributed by atoms with Crippen LogP contribution in [-0.4, -0.2) is 18.1 Å². The van der Waals surface area contributed by atoms with Crippen molar-refractivity contribution in [1.29, 1.82) is 0 Å². The monoisotopic (exact) mass is 183 g/mol. The lowest BCUT2D eigenvalue weighted by molar-refractivity contribution is 0.949. The maximum atomic E-state index is 5.68. The van der Waals surface area contributed by atoms with Gasteiger partial charge in [0, 0.05) is 18.0 Å². The highest BCUT2D eigenvalue weighted by atomic mass is 32.1. The first-order valence-corrected chi connectivity index (χ1v) is 5.07. The molecule has 0 aromatic carbocycles. The smallest absolute Gasteiger partial charge is 0.187 e. The maximum absolute atomic E-state index is 5.68. The summed E-state index contributed by atoms with van der Waals surface area (Å²) in [6.07, 6.45) is 2.58. The number of rotatable bonds is 1. The van der Waals surface area contributed by atoms with E-state index in [0.29, 0.717) is 5.82 Å². The number of nitrogen functional groups attached to an aromatic ring is 1. The van der Waals surface area contributed by atoms with Crippen LogP contribution in [0.3, 0.4) is 0 Å². The molecule has 2 rings (SSSR count). The summed E-state index contributed by atoms with van der Waals surface area (Å²) in [7, 11) is 0. The summed E-state index contributed by atoms with van der Waals surface area (Å²) < 4.78 is 0. The van der Waals surface area contributed by atoms with Crippen molar-refractivity contribution in [3.05, 3.63) is 4.88 Å². The van der Waals surface area contributed by atoms with Gasteiger partial charge in [-0.2, -0.15) is 0 Å². The van der Waals surface area contributed by atoms with E-state index in [1.165, 1.54) is 12.8 Å². The summed E-state index contributed by atoms with van der Waals surface area (Å²) in [4.78, 5) is 7.76. The van der Waals surface area contributed by atoms with Gasteiger partial charge in [0.25, 0.3) is 0 Å². The van der Waals surface area contributed by atoms with Crippen LogP contribution in [0.15, 0.2) is 0 Å². The average molecular weight is 183 g/mol. The van der Waals surface area contributed by atoms with Crippen molar-refractivity contribution < 1.29 is 0 Å². The highest BCUT2D eigenvalue weighted by molar-refractivity contribution is 7.16. The van der Waals surface area contributed by atoms with Crippen molar-refractivity contribution in [2.75, 3.05) is 23.7 Å². The van der Waals surface area contributed by atoms with Crippen molar-refractivity contribution in [3.63, 3.8) is 0 Å². The van der Waals surface area contributed by atoms with Crippen LogP contribution in [0.4, 0.5) is 10.9 Å². The molecule has 0 aliphatic carbocycles. The van der Waals surface area contributed by atoms with E-state index in [1.807, 2.05) is 6.92 Å². The molecular weight excluding hydrogens is 170 g/mol. The first-order valence-electron chi connectivity index (χ1n) is 4.25. The van der Waals surface area contributed by atoms with Gasteiger partial charge in [0.1, 0.15) is 5.82 Å². The second-order valence-electron chi connectivity index (χ2n) is 3.13. The Morgan fingerprint density at radius 3 is 2.58 bits per heavy atom. The zero-order valence-electron chi connectivity index (χ0n) is 7.21. The molecular formula is C8H13N3S. The minimum Gasteiger partial charge on any atom is -0.383 e. The molecule has 0 spiro atoms. The average Bonchev–Trinajstić information content (AvgIpc) is 2.61. The number of nitrogens with two attached hydrogens (primary N) is 1. The zero-order valence-corrected chi connectivity index (χ0v) is 8.02. The molecule has 2 N–H and O–H groups in total. The Morgan fingerprint density at radius 2 is 2.08 bits per heavy atom. The molecule has 1 aliphatic rings. The zero-order chi connectivity index (χ0) is 8.55. The lowest BCUT2D eigenvalue weighted by atomic mass is 10.4. The third-order valence-corrected chi connectivity index (χ3v) is 3.25. The molecule has 0 amide bonds. The summed E-state index contributed by atoms with van der Waals surface area (Å²) in [6, 6.07) is 0. The lowest BCUT2D eigenvalue weighted by Crippen LogP contribution is -2.17. The Kier molecular flexibility index (Phi) is 1.92. The molecule has 0 saturated carbocycles. The minimum absolute atomic E-state index is 0.696. The highest BCUT2D eigenvalue weighted by Crippen LogP contribution is 2.29. The predicted octanol–water partition coefficient (Wildman–Crippen LogP) is 1.63. The number of thiazole rings is 1. The molecule has 0 radical (unpaired) electrons. The summed E-state index contributed by atoms with van der Waals surface area (Å²) in [5.41, 5.74) is 5.68. The standard InChI is InChI=1S/C8H13N3S/c1-6-7(9)10-8(12-6)11-4-2-3-5-11/h2-5,9H2,1H3. The van der Waals surface area contributed by atoms with Gasteiger partial charge in [0.2, 0.25) is 0 Å². The van der Waals surface area contributed by atoms with Crippen LogP contribution in [-0.2, 0) is 0 Å². The third kappa shape index (κ3) is 1.27. The molecule has 1 aliphatic heterocycles. The Balaban J connectivity index is 2.21. The largest absolute Gasteiger partial charge is 0.383 e. The molecule has 1 aromatic rings. The van der Waals surface area contributed by atoms with E-state index in [0.717, 1.165) is 23.1 Å². The number of nitrogens with zero attached hydrogens (tertiary/aromatic N) is 2. The fraction of sp³-hybridized carbons (Fsp3) is 0.625. The van der Waals surface area contributed by atoms with E-state index in [-0.39, 0.29) is 0 Å². The second-order valence-corrected chi connectivity index (χ2v) is 4.31. The highest BCUT2D eigenvalue weighted by Gasteiger charge is 2.16. The number of aryl methyl sites for hydroxylation is 1. The Morgan fingerprint density at radius 1 is 1.42 bits per heavy atom. The normalized spacial score (nSPS) is 17.2. The molecule has 12 heavy (non-hydrogen) atoms. The van der Waals surface area contributed by atoms with Crippen molar-refractivity contribution in [2.45, 2.75) is 19.8 Å². The number of hydrogen-bond acceptors (Lipinski definition) is 4. The fourth-order valence-corrected chi connectivity index (χ4v) is 2.32. The topological polar surface area (TPSA) is 42.2 Å². The fourth-order valence-electron chi connectivity index (χ4n) is 1.44. The van der Waals surface area contributed by atoms with Gasteiger partial charge in [0.05, 0.1) is 0 Å². The first kappa shape index (κ1) is 7.86. The van der Waals surface area contributed by atoms with Gasteiger partial charge in [-0.15, -0.1) is 0 Å². The van der Waals surface area contributed by atoms with Crippen LogP contribution in [0, 0.1) is 6.92 Å². The Labute approximate surface area is 76.2 Å². The van der Waals surface area contributed by atoms with Crippen LogP contribution >= 0.6 is 11.3 Å². The molecule has 1 aromatic heterocycles. The molecule has 0 unspecified atom stereocenters. The summed E-state index contributed by atoms with van der Waals surface area (Å²) in [5.74, 6) is 0.696. The predicted molar refractivity (Wildman–Crippen MR) is 52.7 cm³/mol. The van der Waals surface area contributed by atoms with E-state index >= 15 is 0 Å². The van der Waals surface area contributed by atoms with Crippen LogP contribution in [0.5, 0.6) is 0 Å². The van der Waals surface area contributed by atoms with Gasteiger partial charge in [-0.3, -0.25) is 0 Å². The van der Waals surface area contributed by atoms with E-state index in [2.05, 4.69) is 9.88 Å². The molecule has 0 atom stereocenters. The second kappa shape index (κ2) is 2.94. The van der Waals surface area contributed by atoms with Gasteiger partial charge in [-0.25, -0.2) is 4.98 Å². The SMILES string of the molecule is Cc1sc(N2CCCC2)nc1N. The maximum Gasteiger partial charge on any atom is 0.187 e. The third-order valence-electron chi connectivity index (χ3n) is 2.20. The van der Waals surface area contributed by atoms with Crippen molar-refractivity contribution in [2.24, 2.45) is 0 Å². The molecule has 66 valence electrons. The molecule has 3 nitrogen and oxygen atoms in total. The quantitative estimate of drug-likeness (QED) is 0.719. The van der Waals surface area contributed by atoms with Crippen LogP contribution in [0.2, 0.25) is 0 Å². The van der Waals surface area contributed by atoms with E-state index in [9.17, 15) is 0 Å². The molecule has 1 saturated heterocycles. The van der Waals surface area contributed by atoms with Crippen LogP contribution in [0.25, 0.3) is 0 Å². The van der Waals surface area contributed by atoms with Crippen molar-refractivity contribution >= 4 is 22.3 Å². The van der Waals surface area contributed by atoms with Crippen molar-refractivity contribution in [3.8, 4) is 0 Å². The van der Waals surface area contributed by atoms with E-state index < -0.39 is 0 Å². The Hall–Kier alpha value is -0.770. The number of aromatic nitrogens is 1. The van der Waals surface area contributed by atoms with E-state index in [4.69, 9.17) is 5.73 Å². The first-order chi connectivity index (χ1) is 5.77. The van der Waals surface area contributed by atoms with Crippen LogP contribution < -0.4 is 10.6 Å². The minimum atomic E-state index is 0.696.